The number of ether oxygens (including phenoxy) is 4. The maximum Gasteiger partial charge on any atom is 0.472 e. The Labute approximate surface area is 588 Å². The van der Waals surface area contributed by atoms with Crippen LogP contribution < -0.4 is 0 Å². The van der Waals surface area contributed by atoms with Gasteiger partial charge in [-0.25, -0.2) is 9.13 Å². The zero-order valence-electron chi connectivity index (χ0n) is 63.0. The molecular formula is C77H150O17P2. The summed E-state index contributed by atoms with van der Waals surface area (Å²) in [5.74, 6) is 0.904. The monoisotopic (exact) mass is 1410 g/mol. The summed E-state index contributed by atoms with van der Waals surface area (Å²) >= 11 is 0. The average Bonchev–Trinajstić information content (AvgIpc) is 1.14. The van der Waals surface area contributed by atoms with Gasteiger partial charge in [0.15, 0.2) is 12.2 Å². The number of esters is 4. The first-order chi connectivity index (χ1) is 46.1. The van der Waals surface area contributed by atoms with Crippen molar-refractivity contribution < 1.29 is 80.2 Å². The summed E-state index contributed by atoms with van der Waals surface area (Å²) in [6.45, 7) is 14.2. The lowest BCUT2D eigenvalue weighted by Crippen LogP contribution is -2.30. The maximum atomic E-state index is 13.1. The van der Waals surface area contributed by atoms with Gasteiger partial charge in [-0.3, -0.25) is 37.3 Å². The van der Waals surface area contributed by atoms with Gasteiger partial charge in [0, 0.05) is 25.7 Å². The van der Waals surface area contributed by atoms with E-state index in [0.29, 0.717) is 31.6 Å². The normalized spacial score (nSPS) is 14.1. The highest BCUT2D eigenvalue weighted by molar-refractivity contribution is 7.47. The first kappa shape index (κ1) is 94.1. The lowest BCUT2D eigenvalue weighted by atomic mass is 10.0. The smallest absolute Gasteiger partial charge is 0.462 e. The fourth-order valence-corrected chi connectivity index (χ4v) is 13.3. The van der Waals surface area contributed by atoms with Crippen LogP contribution in [0.5, 0.6) is 0 Å². The van der Waals surface area contributed by atoms with E-state index in [-0.39, 0.29) is 25.7 Å². The number of hydrogen-bond acceptors (Lipinski definition) is 15. The molecule has 0 saturated heterocycles. The van der Waals surface area contributed by atoms with Crippen molar-refractivity contribution in [3.05, 3.63) is 0 Å². The Morgan fingerprint density at radius 2 is 0.438 bits per heavy atom. The van der Waals surface area contributed by atoms with E-state index in [1.165, 1.54) is 186 Å². The molecule has 0 aliphatic rings. The van der Waals surface area contributed by atoms with Gasteiger partial charge in [0.2, 0.25) is 0 Å². The van der Waals surface area contributed by atoms with Crippen LogP contribution in [0.4, 0.5) is 0 Å². The molecule has 19 heteroatoms. The SMILES string of the molecule is CC(C)CCCCCCCCCCCCCCCCCCC(=O)O[C@H](COC(=O)CCCCCCCCCCCCCC(C)C)COP(=O)(O)OC[C@@H](O)COP(=O)(O)OC[C@@H](COC(=O)CCCCCCCCC(C)C)OC(=O)CCCCCCCCCCCCCC(C)C. The van der Waals surface area contributed by atoms with Gasteiger partial charge in [-0.1, -0.05) is 338 Å². The summed E-state index contributed by atoms with van der Waals surface area (Å²) < 4.78 is 68.5. The number of aliphatic hydroxyl groups excluding tert-OH is 1. The number of carbonyl (C=O) groups is 4. The molecule has 0 aliphatic carbocycles. The zero-order chi connectivity index (χ0) is 71.0. The Hall–Kier alpha value is -1.94. The third-order valence-corrected chi connectivity index (χ3v) is 19.7. The van der Waals surface area contributed by atoms with Crippen LogP contribution in [0.25, 0.3) is 0 Å². The molecule has 2 unspecified atom stereocenters. The van der Waals surface area contributed by atoms with Crippen LogP contribution in [0, 0.1) is 23.7 Å². The van der Waals surface area contributed by atoms with Gasteiger partial charge in [0.25, 0.3) is 0 Å². The summed E-state index contributed by atoms with van der Waals surface area (Å²) in [5.41, 5.74) is 0. The third-order valence-electron chi connectivity index (χ3n) is 17.8. The number of unbranched alkanes of at least 4 members (excludes halogenated alkanes) is 40. The summed E-state index contributed by atoms with van der Waals surface area (Å²) in [4.78, 5) is 72.8. The topological polar surface area (TPSA) is 237 Å². The molecule has 0 spiro atoms. The molecule has 0 aromatic carbocycles. The molecule has 17 nitrogen and oxygen atoms in total. The zero-order valence-corrected chi connectivity index (χ0v) is 64.8. The largest absolute Gasteiger partial charge is 0.472 e. The van der Waals surface area contributed by atoms with Crippen LogP contribution in [0.3, 0.4) is 0 Å². The fraction of sp³-hybridized carbons (Fsp3) is 0.948. The van der Waals surface area contributed by atoms with Crippen molar-refractivity contribution in [2.75, 3.05) is 39.6 Å². The molecule has 96 heavy (non-hydrogen) atoms. The van der Waals surface area contributed by atoms with Crippen molar-refractivity contribution in [1.29, 1.82) is 0 Å². The van der Waals surface area contributed by atoms with E-state index < -0.39 is 97.5 Å². The standard InChI is InChI=1S/C77H150O17P2/c1-67(2)53-45-37-29-23-17-13-11-9-10-12-14-20-27-33-43-51-59-76(81)93-72(63-87-74(79)57-49-41-32-26-21-15-18-24-30-38-46-54-68(3)4)65-91-95(83,84)89-61-71(78)62-90-96(85,86)92-66-73(64-88-75(80)58-50-42-36-35-40-48-56-70(7)8)94-77(82)60-52-44-34-28-22-16-19-25-31-39-47-55-69(5)6/h67-73,78H,9-66H2,1-8H3,(H,83,84)(H,85,86)/t71-,72-,73-/m1/s1. The van der Waals surface area contributed by atoms with Gasteiger partial charge >= 0.3 is 39.5 Å². The number of rotatable bonds is 74. The minimum Gasteiger partial charge on any atom is -0.462 e. The van der Waals surface area contributed by atoms with Crippen molar-refractivity contribution in [1.82, 2.24) is 0 Å². The van der Waals surface area contributed by atoms with Crippen molar-refractivity contribution in [3.8, 4) is 0 Å². The van der Waals surface area contributed by atoms with E-state index in [0.717, 1.165) is 114 Å². The lowest BCUT2D eigenvalue weighted by molar-refractivity contribution is -0.161. The van der Waals surface area contributed by atoms with Gasteiger partial charge in [-0.05, 0) is 49.4 Å². The number of aliphatic hydroxyl groups is 1. The predicted molar refractivity (Wildman–Crippen MR) is 391 cm³/mol. The first-order valence-electron chi connectivity index (χ1n) is 39.7. The predicted octanol–water partition coefficient (Wildman–Crippen LogP) is 22.4. The molecular weight excluding hydrogens is 1260 g/mol. The molecule has 0 aromatic rings. The van der Waals surface area contributed by atoms with Crippen LogP contribution in [-0.2, 0) is 65.4 Å². The second kappa shape index (κ2) is 66.3. The molecule has 0 heterocycles. The van der Waals surface area contributed by atoms with Crippen molar-refractivity contribution in [2.45, 2.75) is 408 Å². The second-order valence-corrected chi connectivity index (χ2v) is 32.6. The summed E-state index contributed by atoms with van der Waals surface area (Å²) in [6.07, 6.45) is 51.5. The Balaban J connectivity index is 5.23. The van der Waals surface area contributed by atoms with Crippen molar-refractivity contribution >= 4 is 39.5 Å². The Kier molecular flexibility index (Phi) is 65.0. The molecule has 0 aromatic heterocycles. The van der Waals surface area contributed by atoms with Crippen molar-refractivity contribution in [2.24, 2.45) is 23.7 Å². The summed E-state index contributed by atoms with van der Waals surface area (Å²) in [7, 11) is -9.91. The maximum absolute atomic E-state index is 13.1. The second-order valence-electron chi connectivity index (χ2n) is 29.7. The van der Waals surface area contributed by atoms with Gasteiger partial charge in [0.05, 0.1) is 26.4 Å². The molecule has 0 fully saturated rings. The highest BCUT2D eigenvalue weighted by Gasteiger charge is 2.30. The molecule has 0 bridgehead atoms. The lowest BCUT2D eigenvalue weighted by Gasteiger charge is -2.21. The minimum atomic E-state index is -4.96. The van der Waals surface area contributed by atoms with Crippen LogP contribution >= 0.6 is 15.6 Å². The first-order valence-corrected chi connectivity index (χ1v) is 42.7. The fourth-order valence-electron chi connectivity index (χ4n) is 11.7. The quantitative estimate of drug-likeness (QED) is 0.0222. The van der Waals surface area contributed by atoms with E-state index in [1.807, 2.05) is 0 Å². The molecule has 3 N–H and O–H groups in total. The number of phosphoric acid groups is 2. The van der Waals surface area contributed by atoms with Gasteiger partial charge in [-0.15, -0.1) is 0 Å². The molecule has 5 atom stereocenters. The Bertz CT molecular complexity index is 1880. The van der Waals surface area contributed by atoms with Crippen LogP contribution in [0.15, 0.2) is 0 Å². The highest BCUT2D eigenvalue weighted by atomic mass is 31.2. The number of phosphoric ester groups is 2. The highest BCUT2D eigenvalue weighted by Crippen LogP contribution is 2.45. The summed E-state index contributed by atoms with van der Waals surface area (Å²) in [5, 5.41) is 10.6. The molecule has 0 rings (SSSR count). The van der Waals surface area contributed by atoms with Gasteiger partial charge < -0.3 is 33.8 Å². The van der Waals surface area contributed by atoms with E-state index in [9.17, 15) is 43.2 Å². The van der Waals surface area contributed by atoms with E-state index in [2.05, 4.69) is 55.4 Å². The van der Waals surface area contributed by atoms with Crippen molar-refractivity contribution in [3.63, 3.8) is 0 Å². The van der Waals surface area contributed by atoms with E-state index in [4.69, 9.17) is 37.0 Å². The van der Waals surface area contributed by atoms with Gasteiger partial charge in [-0.2, -0.15) is 0 Å². The number of carbonyl (C=O) groups excluding carboxylic acids is 4. The minimum absolute atomic E-state index is 0.105. The molecule has 570 valence electrons. The Morgan fingerprint density at radius 3 is 0.646 bits per heavy atom. The average molecular weight is 1410 g/mol. The van der Waals surface area contributed by atoms with E-state index in [1.54, 1.807) is 0 Å². The molecule has 0 radical (unpaired) electrons. The number of hydrogen-bond donors (Lipinski definition) is 3. The molecule has 0 aliphatic heterocycles. The summed E-state index contributed by atoms with van der Waals surface area (Å²) in [6, 6.07) is 0. The van der Waals surface area contributed by atoms with Crippen LogP contribution in [0.2, 0.25) is 0 Å². The molecule has 0 amide bonds. The van der Waals surface area contributed by atoms with Crippen LogP contribution in [0.1, 0.15) is 389 Å². The van der Waals surface area contributed by atoms with Gasteiger partial charge in [0.1, 0.15) is 19.3 Å². The van der Waals surface area contributed by atoms with E-state index >= 15 is 0 Å². The molecule has 0 saturated carbocycles. The Morgan fingerprint density at radius 1 is 0.260 bits per heavy atom. The van der Waals surface area contributed by atoms with Crippen LogP contribution in [-0.4, -0.2) is 96.7 Å². The third kappa shape index (κ3) is 70.5.